The van der Waals surface area contributed by atoms with Gasteiger partial charge in [-0.3, -0.25) is 9.78 Å². The van der Waals surface area contributed by atoms with E-state index < -0.39 is 0 Å². The van der Waals surface area contributed by atoms with E-state index in [-0.39, 0.29) is 5.91 Å². The topological polar surface area (TPSA) is 72.5 Å². The first-order chi connectivity index (χ1) is 15.5. The highest BCUT2D eigenvalue weighted by molar-refractivity contribution is 9.10. The summed E-state index contributed by atoms with van der Waals surface area (Å²) in [5, 5.41) is 6.32. The molecule has 0 radical (unpaired) electrons. The van der Waals surface area contributed by atoms with Crippen LogP contribution in [0.2, 0.25) is 0 Å². The molecule has 7 heteroatoms. The predicted molar refractivity (Wildman–Crippen MR) is 130 cm³/mol. The number of nitrogens with zero attached hydrogens (tertiary/aromatic N) is 1. The summed E-state index contributed by atoms with van der Waals surface area (Å²) in [6, 6.07) is 15.3. The molecule has 0 aliphatic carbocycles. The molecule has 0 saturated heterocycles. The zero-order chi connectivity index (χ0) is 22.9. The van der Waals surface area contributed by atoms with Crippen molar-refractivity contribution < 1.29 is 14.3 Å². The minimum absolute atomic E-state index is 0.0677. The van der Waals surface area contributed by atoms with E-state index >= 15 is 0 Å². The summed E-state index contributed by atoms with van der Waals surface area (Å²) in [5.41, 5.74) is 3.49. The number of methoxy groups -OCH3 is 1. The summed E-state index contributed by atoms with van der Waals surface area (Å²) in [6.07, 6.45) is 3.51. The van der Waals surface area contributed by atoms with Crippen molar-refractivity contribution in [2.24, 2.45) is 5.92 Å². The monoisotopic (exact) mass is 497 g/mol. The summed E-state index contributed by atoms with van der Waals surface area (Å²) >= 11 is 3.60. The molecule has 3 rings (SSSR count). The van der Waals surface area contributed by atoms with Crippen LogP contribution in [0.5, 0.6) is 11.5 Å². The van der Waals surface area contributed by atoms with Gasteiger partial charge in [-0.05, 0) is 63.8 Å². The molecule has 1 heterocycles. The highest BCUT2D eigenvalue weighted by atomic mass is 79.9. The lowest BCUT2D eigenvalue weighted by atomic mass is 10.1. The lowest BCUT2D eigenvalue weighted by Crippen LogP contribution is -2.27. The number of hydrogen-bond donors (Lipinski definition) is 2. The van der Waals surface area contributed by atoms with Crippen molar-refractivity contribution >= 4 is 27.5 Å². The van der Waals surface area contributed by atoms with Gasteiger partial charge in [-0.25, -0.2) is 0 Å². The van der Waals surface area contributed by atoms with Crippen LogP contribution in [0.3, 0.4) is 0 Å². The van der Waals surface area contributed by atoms with Crippen molar-refractivity contribution in [3.63, 3.8) is 0 Å². The fraction of sp³-hybridized carbons (Fsp3) is 0.280. The van der Waals surface area contributed by atoms with Crippen LogP contribution in [0, 0.1) is 5.92 Å². The molecule has 0 spiro atoms. The van der Waals surface area contributed by atoms with E-state index in [0.29, 0.717) is 42.7 Å². The fourth-order valence-corrected chi connectivity index (χ4v) is 3.63. The van der Waals surface area contributed by atoms with Gasteiger partial charge in [0.1, 0.15) is 6.61 Å². The molecule has 0 aliphatic heterocycles. The number of anilines is 1. The lowest BCUT2D eigenvalue weighted by Gasteiger charge is -2.15. The minimum Gasteiger partial charge on any atom is -0.493 e. The maximum absolute atomic E-state index is 12.3. The first kappa shape index (κ1) is 23.6. The second-order valence-electron chi connectivity index (χ2n) is 7.80. The Kier molecular flexibility index (Phi) is 8.50. The number of halogens is 1. The van der Waals surface area contributed by atoms with Crippen molar-refractivity contribution in [3.05, 3.63) is 82.1 Å². The molecule has 1 aromatic heterocycles. The molecule has 1 amide bonds. The van der Waals surface area contributed by atoms with Gasteiger partial charge >= 0.3 is 0 Å². The number of ether oxygens (including phenoxy) is 2. The van der Waals surface area contributed by atoms with Gasteiger partial charge in [0.15, 0.2) is 11.5 Å². The molecule has 168 valence electrons. The standard InChI is InChI=1S/C25H28BrN3O3/c1-17(2)13-29-25(30)20-7-4-8-21(12-20)28-15-19-10-22(26)24(23(11-19)31-3)32-16-18-6-5-9-27-14-18/h4-12,14,17,28H,13,15-16H2,1-3H3,(H,29,30). The maximum Gasteiger partial charge on any atom is 0.251 e. The van der Waals surface area contributed by atoms with Gasteiger partial charge in [0, 0.05) is 42.3 Å². The number of aromatic nitrogens is 1. The number of carbonyl (C=O) groups is 1. The zero-order valence-corrected chi connectivity index (χ0v) is 20.1. The number of benzene rings is 2. The van der Waals surface area contributed by atoms with Crippen LogP contribution in [0.25, 0.3) is 0 Å². The molecule has 32 heavy (non-hydrogen) atoms. The Labute approximate surface area is 197 Å². The van der Waals surface area contributed by atoms with Gasteiger partial charge in [0.2, 0.25) is 0 Å². The lowest BCUT2D eigenvalue weighted by molar-refractivity contribution is 0.0949. The number of hydrogen-bond acceptors (Lipinski definition) is 5. The number of carbonyl (C=O) groups excluding carboxylic acids is 1. The Morgan fingerprint density at radius 3 is 2.69 bits per heavy atom. The van der Waals surface area contributed by atoms with Crippen LogP contribution < -0.4 is 20.1 Å². The van der Waals surface area contributed by atoms with Gasteiger partial charge in [-0.1, -0.05) is 26.0 Å². The van der Waals surface area contributed by atoms with Crippen LogP contribution in [0.15, 0.2) is 65.4 Å². The zero-order valence-electron chi connectivity index (χ0n) is 18.5. The summed E-state index contributed by atoms with van der Waals surface area (Å²) in [4.78, 5) is 16.4. The van der Waals surface area contributed by atoms with Crippen LogP contribution in [0.4, 0.5) is 5.69 Å². The Bertz CT molecular complexity index is 1040. The molecular weight excluding hydrogens is 470 g/mol. The SMILES string of the molecule is COc1cc(CNc2cccc(C(=O)NCC(C)C)c2)cc(Br)c1OCc1cccnc1. The average Bonchev–Trinajstić information content (AvgIpc) is 2.81. The number of rotatable bonds is 10. The molecule has 0 fully saturated rings. The van der Waals surface area contributed by atoms with Crippen molar-refractivity contribution in [2.45, 2.75) is 27.0 Å². The van der Waals surface area contributed by atoms with Gasteiger partial charge in [0.05, 0.1) is 11.6 Å². The molecule has 0 bridgehead atoms. The summed E-state index contributed by atoms with van der Waals surface area (Å²) in [6.45, 7) is 5.75. The van der Waals surface area contributed by atoms with Gasteiger partial charge < -0.3 is 20.1 Å². The number of pyridine rings is 1. The highest BCUT2D eigenvalue weighted by Crippen LogP contribution is 2.37. The molecule has 0 unspecified atom stereocenters. The third-order valence-corrected chi connectivity index (χ3v) is 5.28. The number of nitrogens with one attached hydrogen (secondary N) is 2. The molecule has 6 nitrogen and oxygen atoms in total. The van der Waals surface area contributed by atoms with Crippen molar-refractivity contribution in [3.8, 4) is 11.5 Å². The molecule has 2 aromatic carbocycles. The van der Waals surface area contributed by atoms with Gasteiger partial charge in [-0.15, -0.1) is 0 Å². The van der Waals surface area contributed by atoms with Gasteiger partial charge in [0.25, 0.3) is 5.91 Å². The molecule has 0 aliphatic rings. The second kappa shape index (κ2) is 11.5. The molecule has 3 aromatic rings. The highest BCUT2D eigenvalue weighted by Gasteiger charge is 2.13. The van der Waals surface area contributed by atoms with E-state index in [1.165, 1.54) is 0 Å². The largest absolute Gasteiger partial charge is 0.493 e. The van der Waals surface area contributed by atoms with Crippen LogP contribution in [-0.4, -0.2) is 24.5 Å². The van der Waals surface area contributed by atoms with Crippen molar-refractivity contribution in [1.82, 2.24) is 10.3 Å². The van der Waals surface area contributed by atoms with E-state index in [9.17, 15) is 4.79 Å². The summed E-state index contributed by atoms with van der Waals surface area (Å²) < 4.78 is 12.3. The predicted octanol–water partition coefficient (Wildman–Crippen LogP) is 5.43. The molecular formula is C25H28BrN3O3. The van der Waals surface area contributed by atoms with E-state index in [0.717, 1.165) is 21.3 Å². The number of amides is 1. The van der Waals surface area contributed by atoms with Gasteiger partial charge in [-0.2, -0.15) is 0 Å². The summed E-state index contributed by atoms with van der Waals surface area (Å²) in [7, 11) is 1.62. The van der Waals surface area contributed by atoms with E-state index in [1.807, 2.05) is 48.5 Å². The Hall–Kier alpha value is -3.06. The smallest absolute Gasteiger partial charge is 0.251 e. The first-order valence-corrected chi connectivity index (χ1v) is 11.3. The molecule has 0 atom stereocenters. The maximum atomic E-state index is 12.3. The van der Waals surface area contributed by atoms with E-state index in [2.05, 4.69) is 45.4 Å². The Balaban J connectivity index is 1.66. The minimum atomic E-state index is -0.0677. The second-order valence-corrected chi connectivity index (χ2v) is 8.65. The quantitative estimate of drug-likeness (QED) is 0.390. The summed E-state index contributed by atoms with van der Waals surface area (Å²) in [5.74, 6) is 1.62. The van der Waals surface area contributed by atoms with Crippen molar-refractivity contribution in [1.29, 1.82) is 0 Å². The van der Waals surface area contributed by atoms with E-state index in [4.69, 9.17) is 9.47 Å². The Morgan fingerprint density at radius 1 is 1.12 bits per heavy atom. The normalized spacial score (nSPS) is 10.7. The van der Waals surface area contributed by atoms with Crippen molar-refractivity contribution in [2.75, 3.05) is 19.0 Å². The van der Waals surface area contributed by atoms with Crippen LogP contribution >= 0.6 is 15.9 Å². The first-order valence-electron chi connectivity index (χ1n) is 10.5. The molecule has 0 saturated carbocycles. The fourth-order valence-electron chi connectivity index (χ4n) is 3.03. The van der Waals surface area contributed by atoms with E-state index in [1.54, 1.807) is 19.5 Å². The third kappa shape index (κ3) is 6.72. The molecule has 2 N–H and O–H groups in total. The average molecular weight is 498 g/mol. The van der Waals surface area contributed by atoms with Crippen LogP contribution in [-0.2, 0) is 13.2 Å². The van der Waals surface area contributed by atoms with Crippen LogP contribution in [0.1, 0.15) is 35.3 Å². The Morgan fingerprint density at radius 2 is 1.97 bits per heavy atom. The third-order valence-electron chi connectivity index (χ3n) is 4.69.